The van der Waals surface area contributed by atoms with Crippen LogP contribution in [-0.4, -0.2) is 96.7 Å². The molecule has 0 aliphatic rings. The fourth-order valence-corrected chi connectivity index (χ4v) is 12.2. The Labute approximate surface area is 561 Å². The third-order valence-electron chi connectivity index (χ3n) is 16.3. The van der Waals surface area contributed by atoms with Gasteiger partial charge in [-0.05, 0) is 63.2 Å². The van der Waals surface area contributed by atoms with Crippen molar-refractivity contribution in [1.82, 2.24) is 0 Å². The maximum Gasteiger partial charge on any atom is 0.472 e. The average molecular weight is 1350 g/mol. The Bertz CT molecular complexity index is 1880. The van der Waals surface area contributed by atoms with Crippen molar-refractivity contribution in [2.75, 3.05) is 39.6 Å². The summed E-state index contributed by atoms with van der Waals surface area (Å²) in [6.45, 7) is 9.43. The van der Waals surface area contributed by atoms with E-state index in [1.807, 2.05) is 0 Å². The average Bonchev–Trinajstić information content (AvgIpc) is 3.55. The molecule has 17 nitrogen and oxygen atoms in total. The molecule has 0 fully saturated rings. The predicted octanol–water partition coefficient (Wildman–Crippen LogP) is 20.7. The van der Waals surface area contributed by atoms with E-state index in [4.69, 9.17) is 37.0 Å². The number of rotatable bonds is 70. The van der Waals surface area contributed by atoms with Gasteiger partial charge in [0, 0.05) is 25.7 Å². The van der Waals surface area contributed by atoms with Gasteiger partial charge in [0.25, 0.3) is 0 Å². The van der Waals surface area contributed by atoms with Gasteiger partial charge in [0.15, 0.2) is 12.2 Å². The number of aliphatic hydroxyl groups excluding tert-OH is 1. The van der Waals surface area contributed by atoms with Crippen molar-refractivity contribution in [3.05, 3.63) is 24.3 Å². The lowest BCUT2D eigenvalue weighted by molar-refractivity contribution is -0.161. The molecule has 0 rings (SSSR count). The summed E-state index contributed by atoms with van der Waals surface area (Å²) >= 11 is 0. The lowest BCUT2D eigenvalue weighted by Gasteiger charge is -2.21. The van der Waals surface area contributed by atoms with Crippen molar-refractivity contribution < 1.29 is 80.2 Å². The molecule has 0 aliphatic carbocycles. The SMILES string of the molecule is CCCCCC/C=C\C=C/CCCCCCCC(=O)OC[C@H](COP(=O)(O)OC[C@@H](O)COP(=O)(O)OC[C@@H](COC(=O)CCCCCCCCC(C)C)OC(=O)CCCCCCCCCCCCCC)OC(=O)CCCCCCCCCCCCCCCC(C)C. The summed E-state index contributed by atoms with van der Waals surface area (Å²) in [4.78, 5) is 72.6. The van der Waals surface area contributed by atoms with Crippen LogP contribution in [0.5, 0.6) is 0 Å². The minimum absolute atomic E-state index is 0.100. The molecule has 542 valence electrons. The lowest BCUT2D eigenvalue weighted by atomic mass is 10.0. The van der Waals surface area contributed by atoms with Crippen molar-refractivity contribution >= 4 is 39.5 Å². The Morgan fingerprint density at radius 1 is 0.337 bits per heavy atom. The topological polar surface area (TPSA) is 237 Å². The van der Waals surface area contributed by atoms with E-state index in [1.54, 1.807) is 0 Å². The largest absolute Gasteiger partial charge is 0.472 e. The molecule has 0 saturated heterocycles. The molecule has 0 amide bonds. The molecule has 0 radical (unpaired) electrons. The first-order valence-corrected chi connectivity index (χ1v) is 40.3. The van der Waals surface area contributed by atoms with Crippen molar-refractivity contribution in [3.63, 3.8) is 0 Å². The van der Waals surface area contributed by atoms with E-state index in [0.717, 1.165) is 121 Å². The van der Waals surface area contributed by atoms with E-state index >= 15 is 0 Å². The second kappa shape index (κ2) is 64.5. The highest BCUT2D eigenvalue weighted by Crippen LogP contribution is 2.45. The Kier molecular flexibility index (Phi) is 62.8. The molecule has 0 aromatic rings. The van der Waals surface area contributed by atoms with E-state index in [1.165, 1.54) is 141 Å². The summed E-state index contributed by atoms with van der Waals surface area (Å²) in [6.07, 6.45) is 53.6. The van der Waals surface area contributed by atoms with Gasteiger partial charge in [-0.15, -0.1) is 0 Å². The molecular weight excluding hydrogens is 1210 g/mol. The van der Waals surface area contributed by atoms with Gasteiger partial charge in [-0.1, -0.05) is 297 Å². The monoisotopic (exact) mass is 1350 g/mol. The fourth-order valence-electron chi connectivity index (χ4n) is 10.6. The van der Waals surface area contributed by atoms with Crippen LogP contribution in [0.15, 0.2) is 24.3 Å². The van der Waals surface area contributed by atoms with Crippen LogP contribution in [0.25, 0.3) is 0 Å². The molecule has 5 atom stereocenters. The molecule has 3 N–H and O–H groups in total. The van der Waals surface area contributed by atoms with Crippen LogP contribution in [0.1, 0.15) is 350 Å². The fraction of sp³-hybridized carbons (Fsp3) is 0.890. The third kappa shape index (κ3) is 66.2. The molecule has 0 bridgehead atoms. The number of phosphoric ester groups is 2. The zero-order valence-electron chi connectivity index (χ0n) is 59.3. The summed E-state index contributed by atoms with van der Waals surface area (Å²) in [6, 6.07) is 0. The van der Waals surface area contributed by atoms with Gasteiger partial charge >= 0.3 is 39.5 Å². The first kappa shape index (κ1) is 89.5. The zero-order chi connectivity index (χ0) is 67.9. The number of esters is 4. The smallest absolute Gasteiger partial charge is 0.462 e. The Balaban J connectivity index is 5.28. The highest BCUT2D eigenvalue weighted by Gasteiger charge is 2.30. The van der Waals surface area contributed by atoms with Crippen LogP contribution >= 0.6 is 15.6 Å². The number of hydrogen-bond acceptors (Lipinski definition) is 15. The van der Waals surface area contributed by atoms with Crippen LogP contribution in [0, 0.1) is 11.8 Å². The summed E-state index contributed by atoms with van der Waals surface area (Å²) in [5.74, 6) is -0.689. The normalized spacial score (nSPS) is 14.2. The number of carbonyl (C=O) groups excluding carboxylic acids is 4. The number of allylic oxidation sites excluding steroid dienone is 4. The molecule has 0 aromatic heterocycles. The van der Waals surface area contributed by atoms with E-state index < -0.39 is 97.5 Å². The number of unbranched alkanes of at least 4 members (excludes halogenated alkanes) is 37. The van der Waals surface area contributed by atoms with Gasteiger partial charge in [0.2, 0.25) is 0 Å². The van der Waals surface area contributed by atoms with Crippen LogP contribution in [-0.2, 0) is 65.4 Å². The number of aliphatic hydroxyl groups is 1. The van der Waals surface area contributed by atoms with E-state index in [2.05, 4.69) is 65.8 Å². The van der Waals surface area contributed by atoms with Crippen molar-refractivity contribution in [2.45, 2.75) is 368 Å². The Hall–Kier alpha value is -2.46. The molecule has 2 unspecified atom stereocenters. The van der Waals surface area contributed by atoms with Gasteiger partial charge in [0.05, 0.1) is 26.4 Å². The molecule has 0 saturated carbocycles. The summed E-state index contributed by atoms with van der Waals surface area (Å²) < 4.78 is 68.3. The first-order valence-electron chi connectivity index (χ1n) is 37.3. The van der Waals surface area contributed by atoms with Crippen LogP contribution in [0.3, 0.4) is 0 Å². The summed E-state index contributed by atoms with van der Waals surface area (Å²) in [5, 5.41) is 10.6. The molecule has 0 heterocycles. The highest BCUT2D eigenvalue weighted by molar-refractivity contribution is 7.47. The quantitative estimate of drug-likeness (QED) is 0.0169. The van der Waals surface area contributed by atoms with Gasteiger partial charge in [-0.2, -0.15) is 0 Å². The maximum atomic E-state index is 13.0. The number of ether oxygens (including phenoxy) is 4. The summed E-state index contributed by atoms with van der Waals surface area (Å²) in [7, 11) is -9.92. The number of hydrogen-bond donors (Lipinski definition) is 3. The summed E-state index contributed by atoms with van der Waals surface area (Å²) in [5.41, 5.74) is 0. The minimum Gasteiger partial charge on any atom is -0.462 e. The number of carbonyl (C=O) groups is 4. The number of phosphoric acid groups is 2. The van der Waals surface area contributed by atoms with Gasteiger partial charge in [-0.25, -0.2) is 9.13 Å². The third-order valence-corrected chi connectivity index (χ3v) is 18.2. The van der Waals surface area contributed by atoms with Crippen LogP contribution in [0.4, 0.5) is 0 Å². The van der Waals surface area contributed by atoms with Crippen molar-refractivity contribution in [1.29, 1.82) is 0 Å². The Morgan fingerprint density at radius 3 is 0.891 bits per heavy atom. The van der Waals surface area contributed by atoms with Crippen LogP contribution < -0.4 is 0 Å². The second-order valence-electron chi connectivity index (χ2n) is 26.6. The molecule has 0 spiro atoms. The van der Waals surface area contributed by atoms with E-state index in [-0.39, 0.29) is 25.7 Å². The predicted molar refractivity (Wildman–Crippen MR) is 372 cm³/mol. The Morgan fingerprint density at radius 2 is 0.587 bits per heavy atom. The van der Waals surface area contributed by atoms with Gasteiger partial charge in [0.1, 0.15) is 19.3 Å². The molecule has 0 aromatic carbocycles. The van der Waals surface area contributed by atoms with Gasteiger partial charge in [-0.3, -0.25) is 37.3 Å². The van der Waals surface area contributed by atoms with E-state index in [9.17, 15) is 43.2 Å². The standard InChI is InChI=1S/C73H138O17P2/c1-7-9-11-13-15-17-19-21-22-25-29-32-36-43-49-55-70(75)83-61-68(89-73(78)58-52-46-38-34-30-26-23-24-27-31-35-41-47-53-65(3)4)63-87-91(79,80)85-59-67(74)60-86-92(81,82)88-64-69(62-84-71(76)56-50-44-40-39-42-48-54-66(5)6)90-72(77)57-51-45-37-33-28-20-18-16-14-12-10-8-2/h17,19,21-22,65-69,74H,7-16,18,20,23-64H2,1-6H3,(H,79,80)(H,81,82)/b19-17-,22-21-/t67-,68-,69-/m1/s1. The highest BCUT2D eigenvalue weighted by atomic mass is 31.2. The van der Waals surface area contributed by atoms with Crippen molar-refractivity contribution in [3.8, 4) is 0 Å². The zero-order valence-corrected chi connectivity index (χ0v) is 61.1. The second-order valence-corrected chi connectivity index (χ2v) is 29.5. The lowest BCUT2D eigenvalue weighted by Crippen LogP contribution is -2.30. The minimum atomic E-state index is -4.96. The molecule has 92 heavy (non-hydrogen) atoms. The van der Waals surface area contributed by atoms with Crippen molar-refractivity contribution in [2.24, 2.45) is 11.8 Å². The molecule has 0 aliphatic heterocycles. The van der Waals surface area contributed by atoms with Crippen LogP contribution in [0.2, 0.25) is 0 Å². The molecule has 19 heteroatoms. The maximum absolute atomic E-state index is 13.0. The molecular formula is C73H138O17P2. The van der Waals surface area contributed by atoms with E-state index in [0.29, 0.717) is 31.6 Å². The van der Waals surface area contributed by atoms with Gasteiger partial charge < -0.3 is 33.8 Å². The first-order chi connectivity index (χ1) is 44.4.